The molecule has 0 radical (unpaired) electrons. The molecule has 0 aliphatic rings. The number of rotatable bonds is 11. The Hall–Kier alpha value is -0.790. The number of unbranched alkanes of at least 4 members (excludes halogenated alkanes) is 6. The second kappa shape index (κ2) is 11.7. The average Bonchev–Trinajstić information content (AvgIpc) is 2.34. The normalized spacial score (nSPS) is 10.2. The van der Waals surface area contributed by atoms with Crippen molar-refractivity contribution in [2.24, 2.45) is 0 Å². The maximum Gasteiger partial charge on any atom is 0.333 e. The van der Waals surface area contributed by atoms with E-state index in [-0.39, 0.29) is 5.97 Å². The van der Waals surface area contributed by atoms with E-state index in [1.54, 1.807) is 0 Å². The van der Waals surface area contributed by atoms with Gasteiger partial charge in [0.2, 0.25) is 0 Å². The van der Waals surface area contributed by atoms with Crippen LogP contribution >= 0.6 is 0 Å². The van der Waals surface area contributed by atoms with Crippen molar-refractivity contribution >= 4 is 5.97 Å². The summed E-state index contributed by atoms with van der Waals surface area (Å²) in [5.41, 5.74) is 0.637. The molecule has 0 aliphatic heterocycles. The van der Waals surface area contributed by atoms with Crippen LogP contribution < -0.4 is 0 Å². The van der Waals surface area contributed by atoms with Crippen LogP contribution in [-0.4, -0.2) is 12.6 Å². The molecular formula is C15H28O2. The van der Waals surface area contributed by atoms with E-state index in [0.717, 1.165) is 32.1 Å². The molecule has 2 heteroatoms. The first-order valence-electron chi connectivity index (χ1n) is 7.07. The van der Waals surface area contributed by atoms with Gasteiger partial charge in [-0.25, -0.2) is 4.79 Å². The van der Waals surface area contributed by atoms with Crippen molar-refractivity contribution in [3.05, 3.63) is 12.2 Å². The second-order valence-corrected chi connectivity index (χ2v) is 4.61. The van der Waals surface area contributed by atoms with Crippen LogP contribution in [0.3, 0.4) is 0 Å². The van der Waals surface area contributed by atoms with Crippen LogP contribution in [0, 0.1) is 0 Å². The first-order valence-corrected chi connectivity index (χ1v) is 7.07. The van der Waals surface area contributed by atoms with E-state index < -0.39 is 0 Å². The summed E-state index contributed by atoms with van der Waals surface area (Å²) in [6.07, 6.45) is 10.1. The highest BCUT2D eigenvalue weighted by Crippen LogP contribution is 2.11. The molecule has 0 aromatic carbocycles. The van der Waals surface area contributed by atoms with E-state index in [1.165, 1.54) is 25.7 Å². The van der Waals surface area contributed by atoms with Crippen LogP contribution in [0.4, 0.5) is 0 Å². The highest BCUT2D eigenvalue weighted by molar-refractivity contribution is 5.87. The number of ether oxygens (including phenoxy) is 1. The Kier molecular flexibility index (Phi) is 11.1. The summed E-state index contributed by atoms with van der Waals surface area (Å²) in [7, 11) is 0. The van der Waals surface area contributed by atoms with Gasteiger partial charge in [-0.3, -0.25) is 0 Å². The van der Waals surface area contributed by atoms with Crippen LogP contribution in [0.1, 0.15) is 71.6 Å². The zero-order valence-electron chi connectivity index (χ0n) is 11.6. The molecule has 0 atom stereocenters. The summed E-state index contributed by atoms with van der Waals surface area (Å²) in [4.78, 5) is 11.5. The van der Waals surface area contributed by atoms with E-state index in [4.69, 9.17) is 4.74 Å². The molecular weight excluding hydrogens is 212 g/mol. The van der Waals surface area contributed by atoms with E-state index in [1.807, 2.05) is 0 Å². The Morgan fingerprint density at radius 3 is 2.18 bits per heavy atom. The monoisotopic (exact) mass is 240 g/mol. The fourth-order valence-corrected chi connectivity index (χ4v) is 1.66. The third kappa shape index (κ3) is 10.1. The molecule has 0 N–H and O–H groups in total. The van der Waals surface area contributed by atoms with Gasteiger partial charge in [0, 0.05) is 5.57 Å². The zero-order valence-corrected chi connectivity index (χ0v) is 11.6. The molecule has 0 bridgehead atoms. The molecule has 0 unspecified atom stereocenters. The van der Waals surface area contributed by atoms with Crippen molar-refractivity contribution in [2.45, 2.75) is 71.6 Å². The van der Waals surface area contributed by atoms with Gasteiger partial charge in [-0.05, 0) is 19.3 Å². The smallest absolute Gasteiger partial charge is 0.333 e. The maximum absolute atomic E-state index is 11.5. The van der Waals surface area contributed by atoms with Gasteiger partial charge in [-0.2, -0.15) is 0 Å². The van der Waals surface area contributed by atoms with Gasteiger partial charge in [0.1, 0.15) is 0 Å². The molecule has 0 amide bonds. The Labute approximate surface area is 106 Å². The number of esters is 1. The largest absolute Gasteiger partial charge is 0.462 e. The molecule has 0 aliphatic carbocycles. The molecule has 0 heterocycles. The highest BCUT2D eigenvalue weighted by Gasteiger charge is 2.07. The number of carbonyl (C=O) groups excluding carboxylic acids is 1. The van der Waals surface area contributed by atoms with Crippen molar-refractivity contribution in [1.29, 1.82) is 0 Å². The van der Waals surface area contributed by atoms with Crippen molar-refractivity contribution in [2.75, 3.05) is 6.61 Å². The van der Waals surface area contributed by atoms with Gasteiger partial charge >= 0.3 is 5.97 Å². The van der Waals surface area contributed by atoms with Gasteiger partial charge in [0.05, 0.1) is 6.61 Å². The lowest BCUT2D eigenvalue weighted by atomic mass is 10.1. The topological polar surface area (TPSA) is 26.3 Å². The molecule has 0 saturated carbocycles. The lowest BCUT2D eigenvalue weighted by Crippen LogP contribution is -2.08. The van der Waals surface area contributed by atoms with Crippen molar-refractivity contribution in [3.63, 3.8) is 0 Å². The fraction of sp³-hybridized carbons (Fsp3) is 0.800. The standard InChI is InChI=1S/C15H28O2/c1-4-6-8-9-10-12-14(3)15(16)17-13-11-7-5-2/h3-13H2,1-2H3. The lowest BCUT2D eigenvalue weighted by Gasteiger charge is -2.06. The van der Waals surface area contributed by atoms with Crippen LogP contribution in [0.5, 0.6) is 0 Å². The maximum atomic E-state index is 11.5. The second-order valence-electron chi connectivity index (χ2n) is 4.61. The van der Waals surface area contributed by atoms with Gasteiger partial charge in [0.15, 0.2) is 0 Å². The van der Waals surface area contributed by atoms with Crippen LogP contribution in [-0.2, 0) is 9.53 Å². The van der Waals surface area contributed by atoms with E-state index >= 15 is 0 Å². The number of hydrogen-bond acceptors (Lipinski definition) is 2. The average molecular weight is 240 g/mol. The number of hydrogen-bond donors (Lipinski definition) is 0. The van der Waals surface area contributed by atoms with Crippen LogP contribution in [0.25, 0.3) is 0 Å². The Bertz CT molecular complexity index is 209. The summed E-state index contributed by atoms with van der Waals surface area (Å²) < 4.78 is 5.15. The molecule has 2 nitrogen and oxygen atoms in total. The summed E-state index contributed by atoms with van der Waals surface area (Å²) >= 11 is 0. The molecule has 0 spiro atoms. The SMILES string of the molecule is C=C(CCCCCCC)C(=O)OCCCCC. The molecule has 100 valence electrons. The minimum Gasteiger partial charge on any atom is -0.462 e. The first kappa shape index (κ1) is 16.2. The third-order valence-electron chi connectivity index (χ3n) is 2.85. The predicted octanol–water partition coefficient (Wildman–Crippen LogP) is 4.64. The first-order chi connectivity index (χ1) is 8.22. The third-order valence-corrected chi connectivity index (χ3v) is 2.85. The Balaban J connectivity index is 3.44. The van der Waals surface area contributed by atoms with Crippen molar-refractivity contribution in [1.82, 2.24) is 0 Å². The summed E-state index contributed by atoms with van der Waals surface area (Å²) in [5, 5.41) is 0. The summed E-state index contributed by atoms with van der Waals surface area (Å²) in [6, 6.07) is 0. The van der Waals surface area contributed by atoms with E-state index in [9.17, 15) is 4.79 Å². The molecule has 0 rings (SSSR count). The van der Waals surface area contributed by atoms with Crippen molar-refractivity contribution in [3.8, 4) is 0 Å². The zero-order chi connectivity index (χ0) is 12.9. The van der Waals surface area contributed by atoms with Crippen molar-refractivity contribution < 1.29 is 9.53 Å². The molecule has 0 aromatic heterocycles. The summed E-state index contributed by atoms with van der Waals surface area (Å²) in [6.45, 7) is 8.68. The van der Waals surface area contributed by atoms with Gasteiger partial charge in [0.25, 0.3) is 0 Å². The number of carbonyl (C=O) groups is 1. The van der Waals surface area contributed by atoms with E-state index in [0.29, 0.717) is 12.2 Å². The lowest BCUT2D eigenvalue weighted by molar-refractivity contribution is -0.139. The van der Waals surface area contributed by atoms with Crippen LogP contribution in [0.2, 0.25) is 0 Å². The fourth-order valence-electron chi connectivity index (χ4n) is 1.66. The molecule has 17 heavy (non-hydrogen) atoms. The quantitative estimate of drug-likeness (QED) is 0.299. The summed E-state index contributed by atoms with van der Waals surface area (Å²) in [5.74, 6) is -0.198. The van der Waals surface area contributed by atoms with Crippen LogP contribution in [0.15, 0.2) is 12.2 Å². The molecule has 0 aromatic rings. The molecule has 0 fully saturated rings. The van der Waals surface area contributed by atoms with Gasteiger partial charge in [-0.1, -0.05) is 59.0 Å². The van der Waals surface area contributed by atoms with E-state index in [2.05, 4.69) is 20.4 Å². The minimum absolute atomic E-state index is 0.198. The highest BCUT2D eigenvalue weighted by atomic mass is 16.5. The predicted molar refractivity (Wildman–Crippen MR) is 73.0 cm³/mol. The van der Waals surface area contributed by atoms with Gasteiger partial charge in [-0.15, -0.1) is 0 Å². The Morgan fingerprint density at radius 1 is 0.941 bits per heavy atom. The minimum atomic E-state index is -0.198. The Morgan fingerprint density at radius 2 is 1.53 bits per heavy atom. The molecule has 0 saturated heterocycles. The van der Waals surface area contributed by atoms with Gasteiger partial charge < -0.3 is 4.74 Å².